The lowest BCUT2D eigenvalue weighted by molar-refractivity contribution is -0.272. The average molecular weight is 563 g/mol. The molecule has 2 aromatic rings. The highest BCUT2D eigenvalue weighted by atomic mass is 31.2. The van der Waals surface area contributed by atoms with Gasteiger partial charge in [-0.15, -0.1) is 0 Å². The Kier molecular flexibility index (Phi) is 8.53. The zero-order valence-corrected chi connectivity index (χ0v) is 22.9. The maximum atomic E-state index is 14.5. The van der Waals surface area contributed by atoms with Crippen molar-refractivity contribution in [2.24, 2.45) is 5.92 Å². The first-order chi connectivity index (χ1) is 17.7. The maximum Gasteiger partial charge on any atom is 0.417 e. The van der Waals surface area contributed by atoms with E-state index in [1.54, 1.807) is 27.0 Å². The molecule has 1 aliphatic heterocycles. The number of alkyl halides is 3. The van der Waals surface area contributed by atoms with Gasteiger partial charge in [0.2, 0.25) is 5.82 Å². The van der Waals surface area contributed by atoms with E-state index in [4.69, 9.17) is 9.47 Å². The van der Waals surface area contributed by atoms with Crippen LogP contribution in [0, 0.1) is 17.6 Å². The molecular formula is C26H32F5N2O4P. The Hall–Kier alpha value is -2.65. The number of amides is 1. The van der Waals surface area contributed by atoms with Crippen LogP contribution in [0.5, 0.6) is 5.75 Å². The number of carbonyl (C=O) groups is 1. The SMILES string of the molecule is CCP(=O)(CC)c1cc(NC(=O)[C@@H]2O[C@@](C)(C(F)(F)F)[C@@H](C)[C@H]2c2ccc(F)c(F)c2OC)ccc1NC. The van der Waals surface area contributed by atoms with Crippen LogP contribution in [0.3, 0.4) is 0 Å². The van der Waals surface area contributed by atoms with Crippen LogP contribution in [0.4, 0.5) is 33.3 Å². The lowest BCUT2D eigenvalue weighted by atomic mass is 9.77. The third-order valence-electron chi connectivity index (χ3n) is 7.57. The monoisotopic (exact) mass is 562 g/mol. The largest absolute Gasteiger partial charge is 0.493 e. The highest BCUT2D eigenvalue weighted by molar-refractivity contribution is 7.71. The summed E-state index contributed by atoms with van der Waals surface area (Å²) in [4.78, 5) is 13.5. The normalized spacial score (nSPS) is 23.8. The predicted molar refractivity (Wildman–Crippen MR) is 137 cm³/mol. The molecule has 0 spiro atoms. The third-order valence-corrected chi connectivity index (χ3v) is 10.9. The number of anilines is 2. The lowest BCUT2D eigenvalue weighted by Crippen LogP contribution is -2.47. The predicted octanol–water partition coefficient (Wildman–Crippen LogP) is 6.12. The number of benzene rings is 2. The minimum Gasteiger partial charge on any atom is -0.493 e. The van der Waals surface area contributed by atoms with Crippen molar-refractivity contribution in [3.8, 4) is 5.75 Å². The van der Waals surface area contributed by atoms with Crippen LogP contribution in [0.1, 0.15) is 39.2 Å². The van der Waals surface area contributed by atoms with Crippen LogP contribution in [0.15, 0.2) is 30.3 Å². The molecule has 1 fully saturated rings. The molecule has 1 saturated heterocycles. The first kappa shape index (κ1) is 29.9. The topological polar surface area (TPSA) is 76.7 Å². The number of methoxy groups -OCH3 is 1. The van der Waals surface area contributed by atoms with Crippen LogP contribution in [-0.2, 0) is 14.1 Å². The Bertz CT molecular complexity index is 1250. The molecule has 0 aliphatic carbocycles. The van der Waals surface area contributed by atoms with Gasteiger partial charge in [-0.2, -0.15) is 17.6 Å². The summed E-state index contributed by atoms with van der Waals surface area (Å²) in [6.45, 7) is 5.65. The molecule has 6 nitrogen and oxygen atoms in total. The molecule has 0 radical (unpaired) electrons. The van der Waals surface area contributed by atoms with Crippen molar-refractivity contribution in [2.75, 3.05) is 37.1 Å². The van der Waals surface area contributed by atoms with Gasteiger partial charge in [0, 0.05) is 53.5 Å². The lowest BCUT2D eigenvalue weighted by Gasteiger charge is -2.32. The van der Waals surface area contributed by atoms with Crippen molar-refractivity contribution in [3.63, 3.8) is 0 Å². The molecular weight excluding hydrogens is 530 g/mol. The fraction of sp³-hybridized carbons (Fsp3) is 0.500. The Balaban J connectivity index is 2.09. The van der Waals surface area contributed by atoms with Crippen molar-refractivity contribution in [2.45, 2.75) is 51.5 Å². The number of rotatable bonds is 8. The Morgan fingerprint density at radius 2 is 1.79 bits per heavy atom. The van der Waals surface area contributed by atoms with Gasteiger partial charge in [-0.05, 0) is 31.2 Å². The summed E-state index contributed by atoms with van der Waals surface area (Å²) in [5.41, 5.74) is -2.08. The highest BCUT2D eigenvalue weighted by Crippen LogP contribution is 2.55. The van der Waals surface area contributed by atoms with Crippen molar-refractivity contribution >= 4 is 29.7 Å². The molecule has 12 heteroatoms. The van der Waals surface area contributed by atoms with Crippen LogP contribution >= 0.6 is 7.14 Å². The fourth-order valence-corrected chi connectivity index (χ4v) is 7.10. The molecule has 38 heavy (non-hydrogen) atoms. The van der Waals surface area contributed by atoms with E-state index < -0.39 is 60.2 Å². The summed E-state index contributed by atoms with van der Waals surface area (Å²) in [5, 5.41) is 6.06. The smallest absolute Gasteiger partial charge is 0.417 e. The molecule has 2 N–H and O–H groups in total. The van der Waals surface area contributed by atoms with E-state index in [1.165, 1.54) is 19.1 Å². The van der Waals surface area contributed by atoms with Crippen molar-refractivity contribution < 1.29 is 40.8 Å². The molecule has 4 atom stereocenters. The quantitative estimate of drug-likeness (QED) is 0.300. The zero-order valence-electron chi connectivity index (χ0n) is 22.0. The zero-order chi connectivity index (χ0) is 28.6. The minimum absolute atomic E-state index is 0.125. The van der Waals surface area contributed by atoms with Gasteiger partial charge in [-0.1, -0.05) is 26.8 Å². The summed E-state index contributed by atoms with van der Waals surface area (Å²) in [7, 11) is -0.0796. The van der Waals surface area contributed by atoms with Crippen LogP contribution in [-0.4, -0.2) is 50.3 Å². The van der Waals surface area contributed by atoms with E-state index in [9.17, 15) is 31.3 Å². The van der Waals surface area contributed by atoms with Crippen molar-refractivity contribution in [1.29, 1.82) is 0 Å². The van der Waals surface area contributed by atoms with Gasteiger partial charge in [0.05, 0.1) is 7.11 Å². The van der Waals surface area contributed by atoms with Gasteiger partial charge >= 0.3 is 6.18 Å². The van der Waals surface area contributed by atoms with Gasteiger partial charge in [-0.3, -0.25) is 4.79 Å². The third kappa shape index (κ3) is 5.02. The van der Waals surface area contributed by atoms with Crippen LogP contribution < -0.4 is 20.7 Å². The highest BCUT2D eigenvalue weighted by Gasteiger charge is 2.66. The first-order valence-corrected chi connectivity index (χ1v) is 14.2. The minimum atomic E-state index is -4.87. The molecule has 2 aromatic carbocycles. The molecule has 0 saturated carbocycles. The molecule has 0 bridgehead atoms. The molecule has 210 valence electrons. The summed E-state index contributed by atoms with van der Waals surface area (Å²) < 4.78 is 94.8. The van der Waals surface area contributed by atoms with E-state index in [-0.39, 0.29) is 11.3 Å². The second-order valence-electron chi connectivity index (χ2n) is 9.43. The van der Waals surface area contributed by atoms with E-state index in [1.807, 2.05) is 0 Å². The van der Waals surface area contributed by atoms with E-state index >= 15 is 0 Å². The van der Waals surface area contributed by atoms with Crippen LogP contribution in [0.25, 0.3) is 0 Å². The molecule has 1 aliphatic rings. The Labute approximate surface area is 218 Å². The van der Waals surface area contributed by atoms with Crippen molar-refractivity contribution in [1.82, 2.24) is 0 Å². The number of hydrogen-bond donors (Lipinski definition) is 2. The number of nitrogens with one attached hydrogen (secondary N) is 2. The number of ether oxygens (including phenoxy) is 2. The molecule has 1 amide bonds. The Morgan fingerprint density at radius 3 is 2.32 bits per heavy atom. The second-order valence-corrected chi connectivity index (χ2v) is 13.0. The first-order valence-electron chi connectivity index (χ1n) is 12.2. The molecule has 0 unspecified atom stereocenters. The fourth-order valence-electron chi connectivity index (χ4n) is 4.98. The summed E-state index contributed by atoms with van der Waals surface area (Å²) in [5.74, 6) is -6.85. The van der Waals surface area contributed by atoms with Crippen molar-refractivity contribution in [3.05, 3.63) is 47.5 Å². The van der Waals surface area contributed by atoms with Gasteiger partial charge in [-0.25, -0.2) is 4.39 Å². The van der Waals surface area contributed by atoms with Gasteiger partial charge in [0.25, 0.3) is 5.91 Å². The number of halogens is 5. The van der Waals surface area contributed by atoms with Gasteiger partial charge in [0.15, 0.2) is 17.2 Å². The maximum absolute atomic E-state index is 14.5. The summed E-state index contributed by atoms with van der Waals surface area (Å²) in [6.07, 6.45) is -5.85. The Morgan fingerprint density at radius 1 is 1.16 bits per heavy atom. The molecule has 3 rings (SSSR count). The van der Waals surface area contributed by atoms with E-state index in [0.29, 0.717) is 23.3 Å². The van der Waals surface area contributed by atoms with Crippen LogP contribution in [0.2, 0.25) is 0 Å². The summed E-state index contributed by atoms with van der Waals surface area (Å²) in [6, 6.07) is 6.55. The van der Waals surface area contributed by atoms with Gasteiger partial charge < -0.3 is 24.7 Å². The number of carbonyl (C=O) groups excluding carboxylic acids is 1. The molecule has 0 aromatic heterocycles. The second kappa shape index (κ2) is 10.8. The van der Waals surface area contributed by atoms with Gasteiger partial charge in [0.1, 0.15) is 13.2 Å². The average Bonchev–Trinajstić information content (AvgIpc) is 3.16. The summed E-state index contributed by atoms with van der Waals surface area (Å²) >= 11 is 0. The standard InChI is InChI=1S/C26H32F5N2O4P/c1-7-38(35,8-2)19-13-15(9-12-18(19)32-5)33-24(34)23-20(14(3)25(4,37-23)26(29,30)31)16-10-11-17(27)21(28)22(16)36-6/h9-14,20,23,32H,7-8H2,1-6H3,(H,33,34)/t14-,20-,23+,25+/m0/s1. The van der Waals surface area contributed by atoms with E-state index in [0.717, 1.165) is 26.2 Å². The van der Waals surface area contributed by atoms with E-state index in [2.05, 4.69) is 10.6 Å². The number of hydrogen-bond acceptors (Lipinski definition) is 5. The molecule has 1 heterocycles.